The van der Waals surface area contributed by atoms with Gasteiger partial charge in [-0.3, -0.25) is 0 Å². The van der Waals surface area contributed by atoms with Crippen LogP contribution in [0, 0.1) is 0 Å². The Hall–Kier alpha value is 0.00494. The van der Waals surface area contributed by atoms with Crippen molar-refractivity contribution in [3.8, 4) is 5.75 Å². The molecule has 12 heavy (non-hydrogen) atoms. The Kier molecular flexibility index (Phi) is 4.11. The smallest absolute Gasteiger partial charge is 0.413 e. The van der Waals surface area contributed by atoms with E-state index in [0.29, 0.717) is 33.2 Å². The number of phenols is 1. The highest BCUT2D eigenvalue weighted by atomic mass is 27.1. The summed E-state index contributed by atoms with van der Waals surface area (Å²) in [5, 5.41) is 9.02. The second-order valence-electron chi connectivity index (χ2n) is 2.39. The van der Waals surface area contributed by atoms with Gasteiger partial charge in [-0.25, -0.2) is 0 Å². The zero-order valence-corrected chi connectivity index (χ0v) is 11.2. The first-order valence-electron chi connectivity index (χ1n) is 3.62. The van der Waals surface area contributed by atoms with Crippen molar-refractivity contribution in [1.82, 2.24) is 0 Å². The molecule has 0 spiro atoms. The Labute approximate surface area is 87.8 Å². The summed E-state index contributed by atoms with van der Waals surface area (Å²) in [6, 6.07) is 6.86. The molecule has 0 atom stereocenters. The van der Waals surface area contributed by atoms with E-state index in [4.69, 9.17) is 12.7 Å². The molecule has 0 bridgehead atoms. The molecule has 0 saturated carbocycles. The lowest BCUT2D eigenvalue weighted by Crippen LogP contribution is -2.04. The molecule has 1 aromatic carbocycles. The van der Waals surface area contributed by atoms with Crippen molar-refractivity contribution in [2.24, 2.45) is 0 Å². The van der Waals surface area contributed by atoms with E-state index in [2.05, 4.69) is 0 Å². The van der Waals surface area contributed by atoms with Crippen LogP contribution in [-0.2, 0) is 7.58 Å². The number of hydrogen-bond acceptors (Lipinski definition) is 3. The normalized spacial score (nSPS) is 10.4. The van der Waals surface area contributed by atoms with Gasteiger partial charge in [0.25, 0.3) is 0 Å². The first-order chi connectivity index (χ1) is 5.77. The van der Waals surface area contributed by atoms with Gasteiger partial charge in [0.15, 0.2) is 0 Å². The summed E-state index contributed by atoms with van der Waals surface area (Å²) in [7, 11) is 0. The van der Waals surface area contributed by atoms with E-state index in [-0.39, 0.29) is 12.0 Å². The van der Waals surface area contributed by atoms with Crippen molar-refractivity contribution in [2.75, 3.05) is 0 Å². The molecule has 0 aliphatic carbocycles. The van der Waals surface area contributed by atoms with Gasteiger partial charge in [-0.15, -0.1) is 0 Å². The Balaban J connectivity index is 2.80. The molecule has 0 saturated heterocycles. The van der Waals surface area contributed by atoms with Gasteiger partial charge in [0.05, 0.1) is 0 Å². The van der Waals surface area contributed by atoms with Crippen LogP contribution in [-0.4, -0.2) is 38.4 Å². The van der Waals surface area contributed by atoms with Crippen molar-refractivity contribution in [2.45, 2.75) is 6.29 Å². The third-order valence-electron chi connectivity index (χ3n) is 1.59. The largest absolute Gasteiger partial charge is 0.508 e. The molecular weight excluding hydrogens is 186 g/mol. The number of phenolic OH excluding ortho intramolecular Hbond substituents is 1. The molecule has 62 valence electrons. The van der Waals surface area contributed by atoms with Crippen LogP contribution in [0.1, 0.15) is 11.9 Å². The van der Waals surface area contributed by atoms with E-state index in [1.165, 1.54) is 0 Å². The van der Waals surface area contributed by atoms with Crippen LogP contribution in [0.25, 0.3) is 0 Å². The molecule has 0 fully saturated rings. The summed E-state index contributed by atoms with van der Waals surface area (Å²) in [6.45, 7) is 0. The SMILES string of the molecule is Oc1ccc(C([O][AlH2])[O][AlH2])cc1. The number of aromatic hydroxyl groups is 1. The fraction of sp³-hybridized carbons (Fsp3) is 0.143. The summed E-state index contributed by atoms with van der Waals surface area (Å²) in [5.41, 5.74) is 0.956. The molecule has 0 aliphatic heterocycles. The van der Waals surface area contributed by atoms with Crippen molar-refractivity contribution >= 4 is 33.2 Å². The molecular formula is C7H10Al2O3. The first kappa shape index (κ1) is 10.1. The molecule has 0 unspecified atom stereocenters. The van der Waals surface area contributed by atoms with E-state index in [9.17, 15) is 0 Å². The van der Waals surface area contributed by atoms with Gasteiger partial charge in [0.1, 0.15) is 12.0 Å². The molecule has 5 heteroatoms. The van der Waals surface area contributed by atoms with Crippen molar-refractivity contribution in [3.05, 3.63) is 29.8 Å². The van der Waals surface area contributed by atoms with Crippen molar-refractivity contribution < 1.29 is 12.7 Å². The molecule has 1 aromatic rings. The summed E-state index contributed by atoms with van der Waals surface area (Å²) in [6.07, 6.45) is -0.232. The van der Waals surface area contributed by atoms with E-state index in [1.54, 1.807) is 24.3 Å². The second kappa shape index (κ2) is 4.89. The topological polar surface area (TPSA) is 38.7 Å². The van der Waals surface area contributed by atoms with Gasteiger partial charge in [-0.05, 0) is 12.1 Å². The number of rotatable bonds is 3. The van der Waals surface area contributed by atoms with Crippen molar-refractivity contribution in [3.63, 3.8) is 0 Å². The predicted molar refractivity (Wildman–Crippen MR) is 50.1 cm³/mol. The Morgan fingerprint density at radius 3 is 2.00 bits per heavy atom. The van der Waals surface area contributed by atoms with Gasteiger partial charge in [0.2, 0.25) is 0 Å². The summed E-state index contributed by atoms with van der Waals surface area (Å²) in [5.74, 6) is 0.263. The third kappa shape index (κ3) is 2.50. The summed E-state index contributed by atoms with van der Waals surface area (Å²) >= 11 is 1.30. The Morgan fingerprint density at radius 2 is 1.58 bits per heavy atom. The number of hydrogen-bond donors (Lipinski definition) is 1. The lowest BCUT2D eigenvalue weighted by Gasteiger charge is -2.16. The lowest BCUT2D eigenvalue weighted by atomic mass is 10.2. The second-order valence-corrected chi connectivity index (χ2v) is 3.34. The van der Waals surface area contributed by atoms with Crippen molar-refractivity contribution in [1.29, 1.82) is 0 Å². The minimum atomic E-state index is -0.232. The summed E-state index contributed by atoms with van der Waals surface area (Å²) in [4.78, 5) is 0. The molecule has 1 N–H and O–H groups in total. The van der Waals surface area contributed by atoms with Crippen LogP contribution in [0.2, 0.25) is 0 Å². The van der Waals surface area contributed by atoms with Crippen LogP contribution in [0.5, 0.6) is 5.75 Å². The Bertz CT molecular complexity index is 233. The predicted octanol–water partition coefficient (Wildman–Crippen LogP) is -0.480. The van der Waals surface area contributed by atoms with Gasteiger partial charge in [-0.1, -0.05) is 12.1 Å². The summed E-state index contributed by atoms with van der Waals surface area (Å²) < 4.78 is 10.4. The zero-order chi connectivity index (χ0) is 8.97. The third-order valence-corrected chi connectivity index (χ3v) is 2.45. The average molecular weight is 196 g/mol. The van der Waals surface area contributed by atoms with Crippen LogP contribution in [0.3, 0.4) is 0 Å². The maximum absolute atomic E-state index is 9.02. The molecule has 0 radical (unpaired) electrons. The lowest BCUT2D eigenvalue weighted by molar-refractivity contribution is 0.0181. The maximum atomic E-state index is 9.02. The van der Waals surface area contributed by atoms with E-state index < -0.39 is 0 Å². The molecule has 0 aliphatic rings. The molecule has 3 nitrogen and oxygen atoms in total. The van der Waals surface area contributed by atoms with E-state index in [0.717, 1.165) is 5.56 Å². The van der Waals surface area contributed by atoms with Gasteiger partial charge in [0, 0.05) is 5.56 Å². The quantitative estimate of drug-likeness (QED) is 0.524. The minimum absolute atomic E-state index is 0.232. The monoisotopic (exact) mass is 196 g/mol. The van der Waals surface area contributed by atoms with Crippen LogP contribution in [0.4, 0.5) is 0 Å². The van der Waals surface area contributed by atoms with Crippen LogP contribution < -0.4 is 0 Å². The molecule has 0 aromatic heterocycles. The maximum Gasteiger partial charge on any atom is 0.413 e. The zero-order valence-electron chi connectivity index (χ0n) is 7.15. The number of benzene rings is 1. The fourth-order valence-corrected chi connectivity index (χ4v) is 2.31. The highest BCUT2D eigenvalue weighted by Gasteiger charge is 2.04. The minimum Gasteiger partial charge on any atom is -0.508 e. The Morgan fingerprint density at radius 1 is 1.08 bits per heavy atom. The standard InChI is InChI=1S/C7H6O3.2Al.4H/c8-6-3-1-5(2-4-6)7(9)10;;;;;;/h1-4,7-8H;;;;;;/q-2;2*+1;;;;. The fourth-order valence-electron chi connectivity index (χ4n) is 1.000. The molecule has 0 heterocycles. The van der Waals surface area contributed by atoms with Crippen LogP contribution >= 0.6 is 0 Å². The molecule has 0 amide bonds. The van der Waals surface area contributed by atoms with Gasteiger partial charge in [-0.2, -0.15) is 0 Å². The molecule has 1 rings (SSSR count). The van der Waals surface area contributed by atoms with Gasteiger partial charge < -0.3 is 12.7 Å². The highest BCUT2D eigenvalue weighted by Crippen LogP contribution is 2.18. The van der Waals surface area contributed by atoms with Gasteiger partial charge >= 0.3 is 33.2 Å². The first-order valence-corrected chi connectivity index (χ1v) is 5.25. The highest BCUT2D eigenvalue weighted by molar-refractivity contribution is 5.99. The van der Waals surface area contributed by atoms with E-state index >= 15 is 0 Å². The average Bonchev–Trinajstić information content (AvgIpc) is 2.10. The van der Waals surface area contributed by atoms with E-state index in [1.807, 2.05) is 0 Å². The van der Waals surface area contributed by atoms with Crippen LogP contribution in [0.15, 0.2) is 24.3 Å².